The van der Waals surface area contributed by atoms with Gasteiger partial charge in [0.2, 0.25) is 0 Å². The third kappa shape index (κ3) is 4.52. The van der Waals surface area contributed by atoms with Crippen molar-refractivity contribution < 1.29 is 24.5 Å². The van der Waals surface area contributed by atoms with Gasteiger partial charge in [0.05, 0.1) is 8.95 Å². The molecule has 3 N–H and O–H groups in total. The molecule has 0 saturated carbocycles. The van der Waals surface area contributed by atoms with E-state index in [-0.39, 0.29) is 24.7 Å². The fraction of sp³-hybridized carbons (Fsp3) is 0.167. The van der Waals surface area contributed by atoms with Crippen LogP contribution in [0.4, 0.5) is 4.79 Å². The van der Waals surface area contributed by atoms with Gasteiger partial charge in [0.25, 0.3) is 0 Å². The minimum absolute atomic E-state index is 0.0186. The number of nitrogens with one attached hydrogen (secondary N) is 1. The smallest absolute Gasteiger partial charge is 0.407 e. The fourth-order valence-corrected chi connectivity index (χ4v) is 5.24. The van der Waals surface area contributed by atoms with Crippen LogP contribution < -0.4 is 5.32 Å². The third-order valence-electron chi connectivity index (χ3n) is 5.45. The number of phenols is 1. The molecule has 0 saturated heterocycles. The summed E-state index contributed by atoms with van der Waals surface area (Å²) in [5.74, 6) is -1.27. The number of carbonyl (C=O) groups is 2. The van der Waals surface area contributed by atoms with Gasteiger partial charge in [-0.3, -0.25) is 0 Å². The van der Waals surface area contributed by atoms with Crippen LogP contribution in [0, 0.1) is 0 Å². The largest absolute Gasteiger partial charge is 0.506 e. The standard InChI is InChI=1S/C24H19Br2NO5/c25-19-9-13(10-20(26)22(19)28)11-21(23(29)30)27-24(31)32-12-18-16-7-3-1-5-14(16)15-6-2-4-8-17(15)18/h1-10,18,21,28H,11-12H2,(H,27,31)(H,29,30). The summed E-state index contributed by atoms with van der Waals surface area (Å²) in [6.45, 7) is 0.0997. The Morgan fingerprint density at radius 2 is 1.50 bits per heavy atom. The van der Waals surface area contributed by atoms with Crippen molar-refractivity contribution in [3.63, 3.8) is 0 Å². The monoisotopic (exact) mass is 559 g/mol. The van der Waals surface area contributed by atoms with E-state index in [0.717, 1.165) is 22.3 Å². The summed E-state index contributed by atoms with van der Waals surface area (Å²) in [5, 5.41) is 21.8. The van der Waals surface area contributed by atoms with Crippen molar-refractivity contribution in [3.05, 3.63) is 86.3 Å². The number of hydrogen-bond donors (Lipinski definition) is 3. The molecule has 1 aliphatic carbocycles. The zero-order valence-corrected chi connectivity index (χ0v) is 19.9. The van der Waals surface area contributed by atoms with Gasteiger partial charge in [-0.25, -0.2) is 9.59 Å². The van der Waals surface area contributed by atoms with Crippen molar-refractivity contribution in [2.45, 2.75) is 18.4 Å². The molecule has 0 fully saturated rings. The second-order valence-corrected chi connectivity index (χ2v) is 9.18. The minimum atomic E-state index is -1.19. The summed E-state index contributed by atoms with van der Waals surface area (Å²) in [6.07, 6.45) is -0.770. The Morgan fingerprint density at radius 3 is 2.03 bits per heavy atom. The van der Waals surface area contributed by atoms with Crippen molar-refractivity contribution in [2.75, 3.05) is 6.61 Å². The molecule has 0 spiro atoms. The van der Waals surface area contributed by atoms with Crippen LogP contribution in [0.2, 0.25) is 0 Å². The lowest BCUT2D eigenvalue weighted by molar-refractivity contribution is -0.139. The van der Waals surface area contributed by atoms with E-state index in [9.17, 15) is 19.8 Å². The van der Waals surface area contributed by atoms with Crippen LogP contribution >= 0.6 is 31.9 Å². The van der Waals surface area contributed by atoms with Crippen molar-refractivity contribution in [1.82, 2.24) is 5.32 Å². The number of rotatable bonds is 6. The summed E-state index contributed by atoms with van der Waals surface area (Å²) in [5.41, 5.74) is 5.01. The average Bonchev–Trinajstić information content (AvgIpc) is 3.09. The number of phenolic OH excluding ortho intramolecular Hbond substituents is 1. The average molecular weight is 561 g/mol. The molecule has 3 aromatic carbocycles. The van der Waals surface area contributed by atoms with Crippen LogP contribution in [0.25, 0.3) is 11.1 Å². The molecule has 0 aliphatic heterocycles. The van der Waals surface area contributed by atoms with Crippen molar-refractivity contribution in [1.29, 1.82) is 0 Å². The van der Waals surface area contributed by atoms with E-state index in [1.165, 1.54) is 0 Å². The number of hydrogen-bond acceptors (Lipinski definition) is 4. The molecule has 0 heterocycles. The number of aromatic hydroxyl groups is 1. The summed E-state index contributed by atoms with van der Waals surface area (Å²) >= 11 is 6.45. The normalized spacial score (nSPS) is 13.2. The second-order valence-electron chi connectivity index (χ2n) is 7.47. The molecule has 6 nitrogen and oxygen atoms in total. The Balaban J connectivity index is 1.44. The first-order chi connectivity index (χ1) is 15.3. The highest BCUT2D eigenvalue weighted by Crippen LogP contribution is 2.44. The van der Waals surface area contributed by atoms with Gasteiger partial charge in [0.1, 0.15) is 18.4 Å². The Hall–Kier alpha value is -2.84. The van der Waals surface area contributed by atoms with E-state index in [1.54, 1.807) is 12.1 Å². The number of halogens is 2. The maximum atomic E-state index is 12.5. The van der Waals surface area contributed by atoms with Gasteiger partial charge in [-0.1, -0.05) is 48.5 Å². The molecule has 1 aliphatic rings. The Kier molecular flexibility index (Phi) is 6.53. The van der Waals surface area contributed by atoms with Crippen LogP contribution in [0.5, 0.6) is 5.75 Å². The molecule has 0 bridgehead atoms. The number of amides is 1. The number of ether oxygens (including phenoxy) is 1. The maximum absolute atomic E-state index is 12.5. The van der Waals surface area contributed by atoms with Gasteiger partial charge in [-0.05, 0) is 71.8 Å². The van der Waals surface area contributed by atoms with Gasteiger partial charge in [0, 0.05) is 12.3 Å². The topological polar surface area (TPSA) is 95.9 Å². The first-order valence-corrected chi connectivity index (χ1v) is 11.4. The van der Waals surface area contributed by atoms with Crippen molar-refractivity contribution >= 4 is 43.9 Å². The molecular weight excluding hydrogens is 542 g/mol. The van der Waals surface area contributed by atoms with E-state index in [2.05, 4.69) is 37.2 Å². The predicted octanol–water partition coefficient (Wildman–Crippen LogP) is 5.45. The lowest BCUT2D eigenvalue weighted by Gasteiger charge is -2.18. The number of carboxylic acids is 1. The third-order valence-corrected chi connectivity index (χ3v) is 6.66. The quantitative estimate of drug-likeness (QED) is 0.372. The van der Waals surface area contributed by atoms with Gasteiger partial charge < -0.3 is 20.3 Å². The van der Waals surface area contributed by atoms with Gasteiger partial charge in [0.15, 0.2) is 0 Å². The molecular formula is C24H19Br2NO5. The number of aliphatic carboxylic acids is 1. The van der Waals surface area contributed by atoms with Crippen LogP contribution in [0.1, 0.15) is 22.6 Å². The Morgan fingerprint density at radius 1 is 0.969 bits per heavy atom. The lowest BCUT2D eigenvalue weighted by Crippen LogP contribution is -2.42. The summed E-state index contributed by atoms with van der Waals surface area (Å²) in [6, 6.07) is 18.0. The van der Waals surface area contributed by atoms with Crippen molar-refractivity contribution in [3.8, 4) is 16.9 Å². The summed E-state index contributed by atoms with van der Waals surface area (Å²) < 4.78 is 6.30. The number of carboxylic acid groups (broad SMARTS) is 1. The van der Waals surface area contributed by atoms with E-state index in [1.807, 2.05) is 48.5 Å². The van der Waals surface area contributed by atoms with E-state index < -0.39 is 18.1 Å². The van der Waals surface area contributed by atoms with Crippen LogP contribution in [0.15, 0.2) is 69.6 Å². The molecule has 1 unspecified atom stereocenters. The molecule has 1 atom stereocenters. The Labute approximate surface area is 201 Å². The van der Waals surface area contributed by atoms with Gasteiger partial charge in [-0.15, -0.1) is 0 Å². The molecule has 164 valence electrons. The zero-order chi connectivity index (χ0) is 22.8. The number of carbonyl (C=O) groups excluding carboxylic acids is 1. The molecule has 0 aromatic heterocycles. The Bertz CT molecular complexity index is 1130. The molecule has 32 heavy (non-hydrogen) atoms. The summed E-state index contributed by atoms with van der Waals surface area (Å²) in [4.78, 5) is 24.2. The zero-order valence-electron chi connectivity index (χ0n) is 16.7. The maximum Gasteiger partial charge on any atom is 0.407 e. The summed E-state index contributed by atoms with van der Waals surface area (Å²) in [7, 11) is 0. The second kappa shape index (κ2) is 9.34. The highest BCUT2D eigenvalue weighted by Gasteiger charge is 2.30. The number of benzene rings is 3. The van der Waals surface area contributed by atoms with Crippen LogP contribution in [-0.4, -0.2) is 34.9 Å². The SMILES string of the molecule is O=C(NC(Cc1cc(Br)c(O)c(Br)c1)C(=O)O)OCC1c2ccccc2-c2ccccc21. The highest BCUT2D eigenvalue weighted by atomic mass is 79.9. The molecule has 4 rings (SSSR count). The van der Waals surface area contributed by atoms with E-state index in [4.69, 9.17) is 4.74 Å². The first-order valence-electron chi connectivity index (χ1n) is 9.86. The van der Waals surface area contributed by atoms with Crippen LogP contribution in [0.3, 0.4) is 0 Å². The fourth-order valence-electron chi connectivity index (χ4n) is 3.95. The highest BCUT2D eigenvalue weighted by molar-refractivity contribution is 9.11. The molecule has 3 aromatic rings. The van der Waals surface area contributed by atoms with Crippen molar-refractivity contribution in [2.24, 2.45) is 0 Å². The van der Waals surface area contributed by atoms with E-state index >= 15 is 0 Å². The molecule has 1 amide bonds. The minimum Gasteiger partial charge on any atom is -0.506 e. The number of alkyl carbamates (subject to hydrolysis) is 1. The number of fused-ring (bicyclic) bond motifs is 3. The first kappa shape index (κ1) is 22.4. The predicted molar refractivity (Wildman–Crippen MR) is 127 cm³/mol. The van der Waals surface area contributed by atoms with Gasteiger partial charge in [-0.2, -0.15) is 0 Å². The van der Waals surface area contributed by atoms with Crippen LogP contribution in [-0.2, 0) is 16.0 Å². The van der Waals surface area contributed by atoms with E-state index in [0.29, 0.717) is 14.5 Å². The molecule has 8 heteroatoms. The molecule has 0 radical (unpaired) electrons. The lowest BCUT2D eigenvalue weighted by atomic mass is 9.98. The van der Waals surface area contributed by atoms with Gasteiger partial charge >= 0.3 is 12.1 Å².